The van der Waals surface area contributed by atoms with Crippen LogP contribution in [-0.2, 0) is 52.1 Å². The fourth-order valence-corrected chi connectivity index (χ4v) is 5.85. The van der Waals surface area contributed by atoms with Crippen molar-refractivity contribution in [2.24, 2.45) is 0 Å². The largest absolute Gasteiger partial charge is 0.286 e. The minimum Gasteiger partial charge on any atom is -0.286 e. The first-order valence-electron chi connectivity index (χ1n) is 17.3. The highest BCUT2D eigenvalue weighted by Crippen LogP contribution is 2.16. The predicted octanol–water partition coefficient (Wildman–Crippen LogP) is 7.48. The Labute approximate surface area is 296 Å². The zero-order chi connectivity index (χ0) is 34.7. The van der Waals surface area contributed by atoms with Gasteiger partial charge in [-0.15, -0.1) is 0 Å². The topological polar surface area (TPSA) is 83.8 Å². The number of hydrogen-bond donors (Lipinski definition) is 0. The Morgan fingerprint density at radius 3 is 0.900 bits per heavy atom. The van der Waals surface area contributed by atoms with Crippen LogP contribution in [0.1, 0.15) is 67.8 Å². The van der Waals surface area contributed by atoms with Gasteiger partial charge in [-0.2, -0.15) is 0 Å². The first kappa shape index (κ1) is 34.7. The van der Waals surface area contributed by atoms with Gasteiger partial charge in [0.2, 0.25) is 0 Å². The van der Waals surface area contributed by atoms with E-state index in [2.05, 4.69) is 142 Å². The van der Waals surface area contributed by atoms with E-state index in [9.17, 15) is 0 Å². The fraction of sp³-hybridized carbons (Fsp3) is 0.286. The molecule has 50 heavy (non-hydrogen) atoms. The standard InChI is InChI=1S/C42H46N8/c1-31-11-15-37(43-21-31)25-49(26-38-16-12-32(2)22-44-38)29-41-9-5-7-35(47-41)19-20-36-8-6-10-42(48-36)30-50(27-39-17-13-33(3)23-45-39)28-40-18-14-34(4)24-46-40/h5-18,21-24H,19-20,25-30H2,1-4H3. The van der Waals surface area contributed by atoms with Gasteiger partial charge in [0.05, 0.1) is 34.2 Å². The maximum Gasteiger partial charge on any atom is 0.0547 e. The van der Waals surface area contributed by atoms with Crippen LogP contribution in [0.4, 0.5) is 0 Å². The molecule has 0 aromatic carbocycles. The maximum absolute atomic E-state index is 5.08. The Morgan fingerprint density at radius 1 is 0.340 bits per heavy atom. The molecule has 0 N–H and O–H groups in total. The van der Waals surface area contributed by atoms with Gasteiger partial charge in [0.15, 0.2) is 0 Å². The second-order valence-corrected chi connectivity index (χ2v) is 13.3. The fourth-order valence-electron chi connectivity index (χ4n) is 5.85. The van der Waals surface area contributed by atoms with Crippen LogP contribution in [0.5, 0.6) is 0 Å². The van der Waals surface area contributed by atoms with Gasteiger partial charge in [0.25, 0.3) is 0 Å². The third kappa shape index (κ3) is 10.7. The van der Waals surface area contributed by atoms with Crippen molar-refractivity contribution in [1.29, 1.82) is 0 Å². The van der Waals surface area contributed by atoms with Gasteiger partial charge >= 0.3 is 0 Å². The van der Waals surface area contributed by atoms with Crippen molar-refractivity contribution in [3.63, 3.8) is 0 Å². The summed E-state index contributed by atoms with van der Waals surface area (Å²) in [5.74, 6) is 0. The van der Waals surface area contributed by atoms with Crippen LogP contribution in [-0.4, -0.2) is 39.7 Å². The van der Waals surface area contributed by atoms with Crippen molar-refractivity contribution in [3.05, 3.63) is 178 Å². The summed E-state index contributed by atoms with van der Waals surface area (Å²) in [7, 11) is 0. The molecule has 0 saturated carbocycles. The monoisotopic (exact) mass is 662 g/mol. The Morgan fingerprint density at radius 2 is 0.620 bits per heavy atom. The molecule has 6 rings (SSSR count). The smallest absolute Gasteiger partial charge is 0.0547 e. The van der Waals surface area contributed by atoms with Gasteiger partial charge in [-0.1, -0.05) is 36.4 Å². The van der Waals surface area contributed by atoms with Gasteiger partial charge < -0.3 is 0 Å². The van der Waals surface area contributed by atoms with E-state index in [-0.39, 0.29) is 0 Å². The summed E-state index contributed by atoms with van der Waals surface area (Å²) in [6.45, 7) is 12.5. The van der Waals surface area contributed by atoms with E-state index in [4.69, 9.17) is 9.97 Å². The number of rotatable bonds is 15. The van der Waals surface area contributed by atoms with Crippen LogP contribution in [0.15, 0.2) is 110 Å². The van der Waals surface area contributed by atoms with Crippen LogP contribution in [0.2, 0.25) is 0 Å². The SMILES string of the molecule is Cc1ccc(CN(Cc2ccc(C)cn2)Cc2cccc(CCc3cccc(CN(Cc4ccc(C)cn4)Cc4ccc(C)cn4)n3)n2)nc1. The highest BCUT2D eigenvalue weighted by Gasteiger charge is 2.14. The molecule has 0 unspecified atom stereocenters. The first-order valence-corrected chi connectivity index (χ1v) is 17.3. The molecule has 0 aliphatic heterocycles. The number of pyridine rings is 6. The van der Waals surface area contributed by atoms with Crippen LogP contribution in [0.3, 0.4) is 0 Å². The molecule has 0 radical (unpaired) electrons. The van der Waals surface area contributed by atoms with E-state index in [1.165, 1.54) is 0 Å². The molecule has 0 saturated heterocycles. The van der Waals surface area contributed by atoms with E-state index >= 15 is 0 Å². The van der Waals surface area contributed by atoms with Crippen molar-refractivity contribution >= 4 is 0 Å². The Kier molecular flexibility index (Phi) is 11.8. The summed E-state index contributed by atoms with van der Waals surface area (Å²) in [5, 5.41) is 0. The summed E-state index contributed by atoms with van der Waals surface area (Å²) in [5.41, 5.74) is 13.0. The van der Waals surface area contributed by atoms with Crippen molar-refractivity contribution in [2.45, 2.75) is 79.8 Å². The van der Waals surface area contributed by atoms with Crippen molar-refractivity contribution in [1.82, 2.24) is 39.7 Å². The quantitative estimate of drug-likeness (QED) is 0.112. The molecule has 6 aromatic rings. The first-order chi connectivity index (χ1) is 24.3. The average Bonchev–Trinajstić information content (AvgIpc) is 3.12. The number of aromatic nitrogens is 6. The number of hydrogen-bond acceptors (Lipinski definition) is 8. The lowest BCUT2D eigenvalue weighted by Crippen LogP contribution is -2.24. The molecule has 0 aliphatic rings. The van der Waals surface area contributed by atoms with Crippen LogP contribution < -0.4 is 0 Å². The molecular weight excluding hydrogens is 617 g/mol. The molecule has 254 valence electrons. The Bertz CT molecular complexity index is 1700. The predicted molar refractivity (Wildman–Crippen MR) is 198 cm³/mol. The highest BCUT2D eigenvalue weighted by molar-refractivity contribution is 5.19. The molecule has 8 nitrogen and oxygen atoms in total. The second kappa shape index (κ2) is 17.0. The van der Waals surface area contributed by atoms with Crippen LogP contribution in [0, 0.1) is 27.7 Å². The van der Waals surface area contributed by atoms with Gasteiger partial charge in [-0.05, 0) is 111 Å². The van der Waals surface area contributed by atoms with Gasteiger partial charge in [-0.25, -0.2) is 0 Å². The maximum atomic E-state index is 5.08. The molecule has 0 amide bonds. The van der Waals surface area contributed by atoms with E-state index in [1.54, 1.807) is 0 Å². The minimum absolute atomic E-state index is 0.703. The zero-order valence-corrected chi connectivity index (χ0v) is 29.6. The normalized spacial score (nSPS) is 11.4. The number of nitrogens with zero attached hydrogens (tertiary/aromatic N) is 8. The lowest BCUT2D eigenvalue weighted by molar-refractivity contribution is 0.238. The lowest BCUT2D eigenvalue weighted by atomic mass is 10.1. The average molecular weight is 663 g/mol. The molecule has 0 fully saturated rings. The van der Waals surface area contributed by atoms with Crippen LogP contribution in [0.25, 0.3) is 0 Å². The van der Waals surface area contributed by atoms with Gasteiger partial charge in [0, 0.05) is 75.4 Å². The van der Waals surface area contributed by atoms with Crippen LogP contribution >= 0.6 is 0 Å². The molecule has 0 bridgehead atoms. The molecule has 0 spiro atoms. The summed E-state index contributed by atoms with van der Waals surface area (Å²) in [6, 6.07) is 29.6. The molecule has 6 aromatic heterocycles. The summed E-state index contributed by atoms with van der Waals surface area (Å²) in [6.07, 6.45) is 9.35. The molecule has 6 heterocycles. The lowest BCUT2D eigenvalue weighted by Gasteiger charge is -2.22. The van der Waals surface area contributed by atoms with Gasteiger partial charge in [0.1, 0.15) is 0 Å². The van der Waals surface area contributed by atoms with Crippen molar-refractivity contribution < 1.29 is 0 Å². The summed E-state index contributed by atoms with van der Waals surface area (Å²) in [4.78, 5) is 33.6. The third-order valence-electron chi connectivity index (χ3n) is 8.57. The molecular formula is C42H46N8. The van der Waals surface area contributed by atoms with E-state index in [1.807, 2.05) is 24.8 Å². The third-order valence-corrected chi connectivity index (χ3v) is 8.57. The molecule has 0 aliphatic carbocycles. The van der Waals surface area contributed by atoms with E-state index < -0.39 is 0 Å². The Hall–Kier alpha value is -5.18. The minimum atomic E-state index is 0.703. The zero-order valence-electron chi connectivity index (χ0n) is 29.6. The van der Waals surface area contributed by atoms with E-state index in [0.29, 0.717) is 13.1 Å². The summed E-state index contributed by atoms with van der Waals surface area (Å²) < 4.78 is 0. The van der Waals surface area contributed by atoms with Gasteiger partial charge in [-0.3, -0.25) is 39.7 Å². The van der Waals surface area contributed by atoms with Crippen molar-refractivity contribution in [3.8, 4) is 0 Å². The Balaban J connectivity index is 1.11. The van der Waals surface area contributed by atoms with Crippen molar-refractivity contribution in [2.75, 3.05) is 0 Å². The summed E-state index contributed by atoms with van der Waals surface area (Å²) >= 11 is 0. The molecule has 8 heteroatoms. The second-order valence-electron chi connectivity index (χ2n) is 13.3. The number of aryl methyl sites for hydroxylation is 6. The molecule has 0 atom stereocenters. The van der Waals surface area contributed by atoms with E-state index in [0.717, 1.165) is 107 Å². The highest BCUT2D eigenvalue weighted by atomic mass is 15.2.